The topological polar surface area (TPSA) is 43.7 Å². The molecule has 0 amide bonds. The number of rotatable bonds is 10. The molecule has 25 heavy (non-hydrogen) atoms. The summed E-state index contributed by atoms with van der Waals surface area (Å²) >= 11 is 0. The van der Waals surface area contributed by atoms with Crippen LogP contribution in [0.4, 0.5) is 0 Å². The lowest BCUT2D eigenvalue weighted by atomic mass is 9.86. The van der Waals surface area contributed by atoms with Gasteiger partial charge in [0, 0.05) is 12.5 Å². The average Bonchev–Trinajstić information content (AvgIpc) is 2.58. The highest BCUT2D eigenvalue weighted by Gasteiger charge is 2.29. The molecule has 0 spiro atoms. The molecule has 2 unspecified atom stereocenters. The number of phenols is 1. The zero-order valence-electron chi connectivity index (χ0n) is 15.7. The average molecular weight is 370 g/mol. The second kappa shape index (κ2) is 12.6. The molecule has 2 atom stereocenters. The van der Waals surface area contributed by atoms with E-state index in [4.69, 9.17) is 0 Å². The minimum atomic E-state index is -0.374. The fourth-order valence-electron chi connectivity index (χ4n) is 3.83. The highest BCUT2D eigenvalue weighted by molar-refractivity contribution is 5.85. The van der Waals surface area contributed by atoms with Crippen molar-refractivity contribution in [2.45, 2.75) is 76.7 Å². The van der Waals surface area contributed by atoms with E-state index in [1.54, 1.807) is 6.07 Å². The van der Waals surface area contributed by atoms with Gasteiger partial charge in [-0.15, -0.1) is 12.4 Å². The molecule has 1 aromatic rings. The number of piperidine rings is 1. The van der Waals surface area contributed by atoms with Crippen LogP contribution in [0.1, 0.15) is 76.2 Å². The van der Waals surface area contributed by atoms with E-state index in [9.17, 15) is 10.2 Å². The molecule has 2 N–H and O–H groups in total. The largest absolute Gasteiger partial charge is 0.508 e. The third-order valence-electron chi connectivity index (χ3n) is 5.33. The summed E-state index contributed by atoms with van der Waals surface area (Å²) in [5.41, 5.74) is 0.900. The first-order valence-corrected chi connectivity index (χ1v) is 9.90. The van der Waals surface area contributed by atoms with E-state index in [0.717, 1.165) is 31.6 Å². The second-order valence-electron chi connectivity index (χ2n) is 7.30. The van der Waals surface area contributed by atoms with E-state index in [2.05, 4.69) is 11.8 Å². The molecule has 1 fully saturated rings. The van der Waals surface area contributed by atoms with Crippen molar-refractivity contribution < 1.29 is 10.2 Å². The van der Waals surface area contributed by atoms with Gasteiger partial charge in [0.15, 0.2) is 0 Å². The highest BCUT2D eigenvalue weighted by atomic mass is 35.5. The number of unbranched alkanes of at least 4 members (excludes halogenated alkanes) is 7. The Morgan fingerprint density at radius 3 is 2.28 bits per heavy atom. The Hall–Kier alpha value is -0.770. The molecule has 1 aliphatic heterocycles. The van der Waals surface area contributed by atoms with Gasteiger partial charge < -0.3 is 15.1 Å². The monoisotopic (exact) mass is 369 g/mol. The standard InChI is InChI=1S/C21H35NO2.ClH/c1-2-3-4-5-6-7-8-11-15-22-16-14-19(21(24)17-22)18-12-9-10-13-20(18)23;/h9-10,12-13,19,21,23-24H,2-8,11,14-17H2,1H3;1H. The van der Waals surface area contributed by atoms with Crippen LogP contribution >= 0.6 is 12.4 Å². The number of halogens is 1. The minimum Gasteiger partial charge on any atom is -0.508 e. The maximum absolute atomic E-state index is 10.5. The molecular weight excluding hydrogens is 334 g/mol. The van der Waals surface area contributed by atoms with Crippen molar-refractivity contribution in [2.75, 3.05) is 19.6 Å². The van der Waals surface area contributed by atoms with Gasteiger partial charge in [-0.1, -0.05) is 70.1 Å². The van der Waals surface area contributed by atoms with Gasteiger partial charge in [0.05, 0.1) is 6.10 Å². The van der Waals surface area contributed by atoms with Crippen molar-refractivity contribution in [3.05, 3.63) is 29.8 Å². The van der Waals surface area contributed by atoms with Gasteiger partial charge in [-0.25, -0.2) is 0 Å². The molecule has 0 aromatic heterocycles. The molecule has 0 radical (unpaired) electrons. The molecule has 3 nitrogen and oxygen atoms in total. The Bertz CT molecular complexity index is 469. The van der Waals surface area contributed by atoms with E-state index in [1.807, 2.05) is 18.2 Å². The van der Waals surface area contributed by atoms with Crippen LogP contribution < -0.4 is 0 Å². The molecule has 0 saturated carbocycles. The molecule has 144 valence electrons. The summed E-state index contributed by atoms with van der Waals surface area (Å²) in [5.74, 6) is 0.388. The van der Waals surface area contributed by atoms with Gasteiger partial charge in [0.25, 0.3) is 0 Å². The van der Waals surface area contributed by atoms with Gasteiger partial charge in [-0.3, -0.25) is 0 Å². The number of aliphatic hydroxyl groups is 1. The van der Waals surface area contributed by atoms with Crippen LogP contribution in [0.5, 0.6) is 5.75 Å². The van der Waals surface area contributed by atoms with Crippen LogP contribution in [0, 0.1) is 0 Å². The molecule has 0 aliphatic carbocycles. The number of β-amino-alcohol motifs (C(OH)–C–C–N with tert-alkyl or cyclic N) is 1. The van der Waals surface area contributed by atoms with E-state index < -0.39 is 0 Å². The minimum absolute atomic E-state index is 0. The van der Waals surface area contributed by atoms with E-state index in [0.29, 0.717) is 5.75 Å². The number of hydrogen-bond acceptors (Lipinski definition) is 3. The number of benzene rings is 1. The van der Waals surface area contributed by atoms with Crippen molar-refractivity contribution in [1.29, 1.82) is 0 Å². The van der Waals surface area contributed by atoms with Crippen LogP contribution in [0.15, 0.2) is 24.3 Å². The predicted octanol–water partition coefficient (Wildman–Crippen LogP) is 5.10. The first kappa shape index (κ1) is 22.3. The first-order chi connectivity index (χ1) is 11.7. The van der Waals surface area contributed by atoms with E-state index in [1.165, 1.54) is 51.4 Å². The summed E-state index contributed by atoms with van der Waals surface area (Å²) < 4.78 is 0. The van der Waals surface area contributed by atoms with Gasteiger partial charge in [-0.05, 0) is 37.6 Å². The van der Waals surface area contributed by atoms with Crippen LogP contribution in [0.3, 0.4) is 0 Å². The molecule has 1 aliphatic rings. The van der Waals surface area contributed by atoms with Crippen molar-refractivity contribution in [2.24, 2.45) is 0 Å². The maximum Gasteiger partial charge on any atom is 0.119 e. The third kappa shape index (κ3) is 7.55. The van der Waals surface area contributed by atoms with Crippen LogP contribution in [-0.2, 0) is 0 Å². The lowest BCUT2D eigenvalue weighted by Gasteiger charge is -2.36. The third-order valence-corrected chi connectivity index (χ3v) is 5.33. The Labute approximate surface area is 159 Å². The Kier molecular flexibility index (Phi) is 11.2. The number of likely N-dealkylation sites (tertiary alicyclic amines) is 1. The van der Waals surface area contributed by atoms with Crippen LogP contribution in [0.2, 0.25) is 0 Å². The highest BCUT2D eigenvalue weighted by Crippen LogP contribution is 2.33. The molecular formula is C21H36ClNO2. The van der Waals surface area contributed by atoms with Crippen molar-refractivity contribution >= 4 is 12.4 Å². The number of hydrogen-bond donors (Lipinski definition) is 2. The van der Waals surface area contributed by atoms with Crippen molar-refractivity contribution in [3.8, 4) is 5.75 Å². The van der Waals surface area contributed by atoms with Gasteiger partial charge in [0.1, 0.15) is 5.75 Å². The Morgan fingerprint density at radius 1 is 1.00 bits per heavy atom. The number of aliphatic hydroxyl groups excluding tert-OH is 1. The van der Waals surface area contributed by atoms with Gasteiger partial charge in [-0.2, -0.15) is 0 Å². The van der Waals surface area contributed by atoms with Gasteiger partial charge in [0.2, 0.25) is 0 Å². The summed E-state index contributed by atoms with van der Waals surface area (Å²) in [7, 11) is 0. The number of para-hydroxylation sites is 1. The quantitative estimate of drug-likeness (QED) is 0.563. The summed E-state index contributed by atoms with van der Waals surface area (Å²) in [6.45, 7) is 5.11. The molecule has 0 bridgehead atoms. The van der Waals surface area contributed by atoms with Crippen LogP contribution in [0.25, 0.3) is 0 Å². The zero-order chi connectivity index (χ0) is 17.2. The second-order valence-corrected chi connectivity index (χ2v) is 7.30. The SMILES string of the molecule is CCCCCCCCCCN1CCC(c2ccccc2O)C(O)C1.Cl. The van der Waals surface area contributed by atoms with Crippen molar-refractivity contribution in [3.63, 3.8) is 0 Å². The lowest BCUT2D eigenvalue weighted by Crippen LogP contribution is -2.43. The summed E-state index contributed by atoms with van der Waals surface area (Å²) in [6, 6.07) is 7.43. The normalized spacial score (nSPS) is 21.0. The summed E-state index contributed by atoms with van der Waals surface area (Å²) in [6.07, 6.45) is 11.3. The smallest absolute Gasteiger partial charge is 0.119 e. The number of phenolic OH excluding ortho intramolecular Hbond substituents is 1. The summed E-state index contributed by atoms with van der Waals surface area (Å²) in [5, 5.41) is 20.5. The number of aromatic hydroxyl groups is 1. The Morgan fingerprint density at radius 2 is 1.64 bits per heavy atom. The molecule has 4 heteroatoms. The predicted molar refractivity (Wildman–Crippen MR) is 108 cm³/mol. The number of nitrogens with zero attached hydrogens (tertiary/aromatic N) is 1. The lowest BCUT2D eigenvalue weighted by molar-refractivity contribution is 0.0497. The molecule has 1 saturated heterocycles. The molecule has 1 aromatic carbocycles. The summed E-state index contributed by atoms with van der Waals surface area (Å²) in [4.78, 5) is 2.39. The Balaban J connectivity index is 0.00000312. The van der Waals surface area contributed by atoms with E-state index >= 15 is 0 Å². The molecule has 1 heterocycles. The van der Waals surface area contributed by atoms with Gasteiger partial charge >= 0.3 is 0 Å². The zero-order valence-corrected chi connectivity index (χ0v) is 16.5. The fourth-order valence-corrected chi connectivity index (χ4v) is 3.83. The van der Waals surface area contributed by atoms with Crippen LogP contribution in [-0.4, -0.2) is 40.9 Å². The van der Waals surface area contributed by atoms with Crippen molar-refractivity contribution in [1.82, 2.24) is 4.90 Å². The fraction of sp³-hybridized carbons (Fsp3) is 0.714. The van der Waals surface area contributed by atoms with E-state index in [-0.39, 0.29) is 24.4 Å². The maximum atomic E-state index is 10.5. The molecule has 2 rings (SSSR count). The first-order valence-electron chi connectivity index (χ1n) is 9.90.